The number of hydrogen-bond acceptors (Lipinski definition) is 6. The van der Waals surface area contributed by atoms with Crippen LogP contribution in [0.5, 0.6) is 0 Å². The van der Waals surface area contributed by atoms with Crippen LogP contribution in [-0.4, -0.2) is 40.6 Å². The summed E-state index contributed by atoms with van der Waals surface area (Å²) in [5.41, 5.74) is 0.0346. The largest absolute Gasteiger partial charge is 0.357 e. The number of hydrogen-bond donors (Lipinski definition) is 2. The van der Waals surface area contributed by atoms with Crippen molar-refractivity contribution in [2.45, 2.75) is 46.1 Å². The second-order valence-electron chi connectivity index (χ2n) is 5.83. The minimum absolute atomic E-state index is 0.0346. The molecule has 1 saturated carbocycles. The van der Waals surface area contributed by atoms with Crippen molar-refractivity contribution in [2.75, 3.05) is 35.7 Å². The molecule has 6 heteroatoms. The molecule has 2 rings (SSSR count). The van der Waals surface area contributed by atoms with E-state index in [1.807, 2.05) is 7.05 Å². The number of rotatable bonds is 7. The van der Waals surface area contributed by atoms with Crippen molar-refractivity contribution in [1.29, 1.82) is 0 Å². The number of nitrogens with one attached hydrogen (secondary N) is 2. The summed E-state index contributed by atoms with van der Waals surface area (Å²) in [6, 6.07) is 0. The van der Waals surface area contributed by atoms with Crippen LogP contribution in [0.15, 0.2) is 0 Å². The lowest BCUT2D eigenvalue weighted by molar-refractivity contribution is 0.490. The molecule has 2 N–H and O–H groups in total. The zero-order chi connectivity index (χ0) is 14.8. The van der Waals surface area contributed by atoms with Crippen LogP contribution in [0.1, 0.15) is 40.5 Å². The lowest BCUT2D eigenvalue weighted by Gasteiger charge is -2.27. The number of aromatic nitrogens is 3. The van der Waals surface area contributed by atoms with E-state index in [-0.39, 0.29) is 5.54 Å². The van der Waals surface area contributed by atoms with Crippen LogP contribution < -0.4 is 15.5 Å². The Bertz CT molecular complexity index is 451. The van der Waals surface area contributed by atoms with Crippen LogP contribution in [-0.2, 0) is 0 Å². The average molecular weight is 278 g/mol. The summed E-state index contributed by atoms with van der Waals surface area (Å²) >= 11 is 0. The molecule has 112 valence electrons. The lowest BCUT2D eigenvalue weighted by Crippen LogP contribution is -2.35. The van der Waals surface area contributed by atoms with Gasteiger partial charge in [0.1, 0.15) is 0 Å². The molecule has 0 radical (unpaired) electrons. The van der Waals surface area contributed by atoms with E-state index < -0.39 is 0 Å². The van der Waals surface area contributed by atoms with Gasteiger partial charge in [0.05, 0.1) is 0 Å². The van der Waals surface area contributed by atoms with Gasteiger partial charge < -0.3 is 15.5 Å². The van der Waals surface area contributed by atoms with Gasteiger partial charge in [-0.1, -0.05) is 0 Å². The maximum atomic E-state index is 4.57. The molecule has 0 bridgehead atoms. The molecule has 0 aromatic carbocycles. The molecule has 0 saturated heterocycles. The normalized spacial score (nSPS) is 15.1. The molecule has 1 heterocycles. The first-order valence-electron chi connectivity index (χ1n) is 7.47. The minimum Gasteiger partial charge on any atom is -0.357 e. The smallest absolute Gasteiger partial charge is 0.231 e. The fourth-order valence-electron chi connectivity index (χ4n) is 2.38. The number of anilines is 3. The SMILES string of the molecule is CCN(CC)c1nc(NC)nc(NC(C)(C)C2CC2)n1. The van der Waals surface area contributed by atoms with Crippen LogP contribution in [0, 0.1) is 5.92 Å². The summed E-state index contributed by atoms with van der Waals surface area (Å²) in [5.74, 6) is 2.71. The van der Waals surface area contributed by atoms with Crippen molar-refractivity contribution in [3.05, 3.63) is 0 Å². The van der Waals surface area contributed by atoms with E-state index in [9.17, 15) is 0 Å². The quantitative estimate of drug-likeness (QED) is 0.798. The van der Waals surface area contributed by atoms with Crippen molar-refractivity contribution in [1.82, 2.24) is 15.0 Å². The second kappa shape index (κ2) is 5.81. The third kappa shape index (κ3) is 3.29. The molecule has 0 atom stereocenters. The molecule has 1 aromatic heterocycles. The van der Waals surface area contributed by atoms with Crippen molar-refractivity contribution in [2.24, 2.45) is 5.92 Å². The van der Waals surface area contributed by atoms with Crippen molar-refractivity contribution >= 4 is 17.8 Å². The van der Waals surface area contributed by atoms with Gasteiger partial charge >= 0.3 is 0 Å². The third-order valence-corrected chi connectivity index (χ3v) is 3.93. The van der Waals surface area contributed by atoms with E-state index in [1.165, 1.54) is 12.8 Å². The molecule has 1 aromatic rings. The van der Waals surface area contributed by atoms with Gasteiger partial charge in [0.2, 0.25) is 17.8 Å². The molecule has 0 unspecified atom stereocenters. The van der Waals surface area contributed by atoms with Gasteiger partial charge in [-0.3, -0.25) is 0 Å². The molecular weight excluding hydrogens is 252 g/mol. The average Bonchev–Trinajstić information content (AvgIpc) is 3.24. The summed E-state index contributed by atoms with van der Waals surface area (Å²) in [6.45, 7) is 10.4. The topological polar surface area (TPSA) is 66.0 Å². The fourth-order valence-corrected chi connectivity index (χ4v) is 2.38. The maximum absolute atomic E-state index is 4.57. The molecule has 1 aliphatic rings. The Balaban J connectivity index is 2.25. The van der Waals surface area contributed by atoms with E-state index in [0.29, 0.717) is 17.8 Å². The summed E-state index contributed by atoms with van der Waals surface area (Å²) in [7, 11) is 1.83. The zero-order valence-electron chi connectivity index (χ0n) is 13.2. The maximum Gasteiger partial charge on any atom is 0.231 e. The van der Waals surface area contributed by atoms with Crippen LogP contribution in [0.25, 0.3) is 0 Å². The Morgan fingerprint density at radius 1 is 1.10 bits per heavy atom. The van der Waals surface area contributed by atoms with E-state index in [4.69, 9.17) is 0 Å². The predicted molar refractivity (Wildman–Crippen MR) is 83.4 cm³/mol. The van der Waals surface area contributed by atoms with Gasteiger partial charge in [-0.25, -0.2) is 0 Å². The highest BCUT2D eigenvalue weighted by molar-refractivity contribution is 5.44. The molecule has 1 aliphatic carbocycles. The van der Waals surface area contributed by atoms with Crippen molar-refractivity contribution in [3.63, 3.8) is 0 Å². The van der Waals surface area contributed by atoms with E-state index >= 15 is 0 Å². The highest BCUT2D eigenvalue weighted by atomic mass is 15.3. The van der Waals surface area contributed by atoms with E-state index in [0.717, 1.165) is 19.0 Å². The molecular formula is C14H26N6. The Labute approximate surface area is 121 Å². The summed E-state index contributed by atoms with van der Waals surface area (Å²) in [5, 5.41) is 6.48. The Kier molecular flexibility index (Phi) is 4.30. The standard InChI is InChI=1S/C14H26N6/c1-6-20(7-2)13-17-11(15-5)16-12(18-13)19-14(3,4)10-8-9-10/h10H,6-9H2,1-5H3,(H2,15,16,17,18,19). The Morgan fingerprint density at radius 2 is 1.70 bits per heavy atom. The van der Waals surface area contributed by atoms with Crippen molar-refractivity contribution < 1.29 is 0 Å². The molecule has 0 spiro atoms. The summed E-state index contributed by atoms with van der Waals surface area (Å²) in [4.78, 5) is 15.6. The lowest BCUT2D eigenvalue weighted by atomic mass is 9.99. The monoisotopic (exact) mass is 278 g/mol. The molecule has 1 fully saturated rings. The summed E-state index contributed by atoms with van der Waals surface area (Å²) < 4.78 is 0. The van der Waals surface area contributed by atoms with Crippen LogP contribution >= 0.6 is 0 Å². The fraction of sp³-hybridized carbons (Fsp3) is 0.786. The van der Waals surface area contributed by atoms with Gasteiger partial charge in [-0.2, -0.15) is 15.0 Å². The van der Waals surface area contributed by atoms with Gasteiger partial charge in [-0.15, -0.1) is 0 Å². The highest BCUT2D eigenvalue weighted by Gasteiger charge is 2.38. The first-order chi connectivity index (χ1) is 9.50. The van der Waals surface area contributed by atoms with E-state index in [1.54, 1.807) is 0 Å². The van der Waals surface area contributed by atoms with Crippen LogP contribution in [0.4, 0.5) is 17.8 Å². The van der Waals surface area contributed by atoms with Gasteiger partial charge in [0.15, 0.2) is 0 Å². The Morgan fingerprint density at radius 3 is 2.20 bits per heavy atom. The van der Waals surface area contributed by atoms with Gasteiger partial charge in [0, 0.05) is 25.7 Å². The first-order valence-corrected chi connectivity index (χ1v) is 7.47. The third-order valence-electron chi connectivity index (χ3n) is 3.93. The molecule has 6 nitrogen and oxygen atoms in total. The van der Waals surface area contributed by atoms with E-state index in [2.05, 4.69) is 58.2 Å². The first kappa shape index (κ1) is 14.8. The molecule has 0 aliphatic heterocycles. The number of nitrogens with zero attached hydrogens (tertiary/aromatic N) is 4. The zero-order valence-corrected chi connectivity index (χ0v) is 13.2. The van der Waals surface area contributed by atoms with Crippen molar-refractivity contribution in [3.8, 4) is 0 Å². The predicted octanol–water partition coefficient (Wildman–Crippen LogP) is 2.36. The molecule has 0 amide bonds. The summed E-state index contributed by atoms with van der Waals surface area (Å²) in [6.07, 6.45) is 2.57. The highest BCUT2D eigenvalue weighted by Crippen LogP contribution is 2.40. The van der Waals surface area contributed by atoms with Crippen LogP contribution in [0.2, 0.25) is 0 Å². The minimum atomic E-state index is 0.0346. The van der Waals surface area contributed by atoms with Gasteiger partial charge in [0.25, 0.3) is 0 Å². The van der Waals surface area contributed by atoms with Crippen LogP contribution in [0.3, 0.4) is 0 Å². The van der Waals surface area contributed by atoms with Gasteiger partial charge in [-0.05, 0) is 46.5 Å². The second-order valence-corrected chi connectivity index (χ2v) is 5.83. The molecule has 20 heavy (non-hydrogen) atoms. The Hall–Kier alpha value is -1.59.